The lowest BCUT2D eigenvalue weighted by molar-refractivity contribution is -0.385. The predicted molar refractivity (Wildman–Crippen MR) is 109 cm³/mol. The molecule has 0 aliphatic heterocycles. The Hall–Kier alpha value is -4.22. The molecule has 0 fully saturated rings. The number of hydrogen-bond acceptors (Lipinski definition) is 5. The van der Waals surface area contributed by atoms with Crippen molar-refractivity contribution in [3.05, 3.63) is 91.4 Å². The monoisotopic (exact) mass is 447 g/mol. The number of nitrogens with zero attached hydrogens (tertiary/aromatic N) is 3. The number of nitrogens with one attached hydrogen (secondary N) is 2. The van der Waals surface area contributed by atoms with E-state index in [0.717, 1.165) is 22.9 Å². The van der Waals surface area contributed by atoms with E-state index in [1.54, 1.807) is 0 Å². The zero-order valence-electron chi connectivity index (χ0n) is 16.7. The molecule has 32 heavy (non-hydrogen) atoms. The molecule has 3 rings (SSSR count). The van der Waals surface area contributed by atoms with Crippen molar-refractivity contribution >= 4 is 17.3 Å². The van der Waals surface area contributed by atoms with E-state index in [1.165, 1.54) is 44.2 Å². The Bertz CT molecular complexity index is 1290. The van der Waals surface area contributed by atoms with Crippen LogP contribution in [0.1, 0.15) is 34.1 Å². The molecule has 0 aliphatic rings. The Kier molecular flexibility index (Phi) is 5.96. The van der Waals surface area contributed by atoms with Gasteiger partial charge in [-0.15, -0.1) is 0 Å². The fourth-order valence-corrected chi connectivity index (χ4v) is 3.05. The van der Waals surface area contributed by atoms with Gasteiger partial charge in [-0.05, 0) is 38.1 Å². The summed E-state index contributed by atoms with van der Waals surface area (Å²) in [5, 5.41) is 17.6. The van der Waals surface area contributed by atoms with Gasteiger partial charge in [0.05, 0.1) is 27.4 Å². The zero-order chi connectivity index (χ0) is 23.6. The number of hydrazone groups is 1. The van der Waals surface area contributed by atoms with Crippen molar-refractivity contribution in [3.63, 3.8) is 0 Å². The minimum absolute atomic E-state index is 0.0316. The first-order chi connectivity index (χ1) is 15.0. The Morgan fingerprint density at radius 2 is 1.88 bits per heavy atom. The van der Waals surface area contributed by atoms with Gasteiger partial charge in [-0.1, -0.05) is 18.2 Å². The van der Waals surface area contributed by atoms with Gasteiger partial charge in [-0.3, -0.25) is 24.8 Å². The second-order valence-electron chi connectivity index (χ2n) is 6.71. The SMILES string of the molecule is CC(=NNC(=O)c1ccccc1[N+](=O)[O-])c1c(C)[nH]n(-c2cccc(C(F)(F)F)c2)c1=O. The lowest BCUT2D eigenvalue weighted by Gasteiger charge is -2.08. The van der Waals surface area contributed by atoms with Crippen LogP contribution in [0.5, 0.6) is 0 Å². The molecule has 3 aromatic rings. The van der Waals surface area contributed by atoms with E-state index >= 15 is 0 Å². The third-order valence-electron chi connectivity index (χ3n) is 4.54. The van der Waals surface area contributed by atoms with Gasteiger partial charge in [-0.25, -0.2) is 10.1 Å². The van der Waals surface area contributed by atoms with Gasteiger partial charge in [0.1, 0.15) is 5.56 Å². The highest BCUT2D eigenvalue weighted by Gasteiger charge is 2.31. The average molecular weight is 447 g/mol. The highest BCUT2D eigenvalue weighted by Crippen LogP contribution is 2.30. The van der Waals surface area contributed by atoms with Gasteiger partial charge in [0.25, 0.3) is 17.2 Å². The molecule has 0 saturated carbocycles. The quantitative estimate of drug-likeness (QED) is 0.353. The first-order valence-electron chi connectivity index (χ1n) is 9.08. The maximum atomic E-state index is 13.0. The number of aromatic amines is 1. The normalized spacial score (nSPS) is 12.0. The topological polar surface area (TPSA) is 122 Å². The summed E-state index contributed by atoms with van der Waals surface area (Å²) in [5.41, 5.74) is 0.285. The highest BCUT2D eigenvalue weighted by molar-refractivity contribution is 6.02. The van der Waals surface area contributed by atoms with Crippen LogP contribution in [0.25, 0.3) is 5.69 Å². The third kappa shape index (κ3) is 4.43. The lowest BCUT2D eigenvalue weighted by Crippen LogP contribution is -2.24. The molecule has 0 saturated heterocycles. The van der Waals surface area contributed by atoms with E-state index in [4.69, 9.17) is 0 Å². The minimum Gasteiger partial charge on any atom is -0.295 e. The Balaban J connectivity index is 1.92. The molecule has 12 heteroatoms. The van der Waals surface area contributed by atoms with Gasteiger partial charge < -0.3 is 0 Å². The van der Waals surface area contributed by atoms with Gasteiger partial charge in [0.15, 0.2) is 0 Å². The smallest absolute Gasteiger partial charge is 0.295 e. The largest absolute Gasteiger partial charge is 0.416 e. The number of aryl methyl sites for hydroxylation is 1. The number of hydrogen-bond donors (Lipinski definition) is 2. The molecule has 0 aliphatic carbocycles. The van der Waals surface area contributed by atoms with Crippen LogP contribution >= 0.6 is 0 Å². The zero-order valence-corrected chi connectivity index (χ0v) is 16.7. The van der Waals surface area contributed by atoms with Crippen molar-refractivity contribution in [3.8, 4) is 5.69 Å². The summed E-state index contributed by atoms with van der Waals surface area (Å²) in [5.74, 6) is -0.858. The summed E-state index contributed by atoms with van der Waals surface area (Å²) in [6, 6.07) is 9.48. The van der Waals surface area contributed by atoms with E-state index < -0.39 is 33.8 Å². The summed E-state index contributed by atoms with van der Waals surface area (Å²) in [7, 11) is 0. The van der Waals surface area contributed by atoms with Crippen LogP contribution in [-0.2, 0) is 6.18 Å². The van der Waals surface area contributed by atoms with Crippen LogP contribution in [0.4, 0.5) is 18.9 Å². The number of alkyl halides is 3. The molecular formula is C20H16F3N5O4. The molecular weight excluding hydrogens is 431 g/mol. The second-order valence-corrected chi connectivity index (χ2v) is 6.71. The van der Waals surface area contributed by atoms with Crippen molar-refractivity contribution in [1.29, 1.82) is 0 Å². The van der Waals surface area contributed by atoms with Crippen LogP contribution in [0.2, 0.25) is 0 Å². The van der Waals surface area contributed by atoms with Crippen molar-refractivity contribution in [2.24, 2.45) is 5.10 Å². The van der Waals surface area contributed by atoms with E-state index in [-0.39, 0.29) is 22.5 Å². The number of H-pyrrole nitrogens is 1. The molecule has 2 aromatic carbocycles. The van der Waals surface area contributed by atoms with Crippen molar-refractivity contribution in [2.75, 3.05) is 0 Å². The Labute approximate surface area is 178 Å². The van der Waals surface area contributed by atoms with Crippen LogP contribution in [0.15, 0.2) is 58.4 Å². The van der Waals surface area contributed by atoms with Crippen LogP contribution in [0.3, 0.4) is 0 Å². The van der Waals surface area contributed by atoms with Gasteiger partial charge in [0, 0.05) is 11.8 Å². The number of para-hydroxylation sites is 1. The lowest BCUT2D eigenvalue weighted by atomic mass is 10.1. The molecule has 0 spiro atoms. The first kappa shape index (κ1) is 22.5. The molecule has 166 valence electrons. The standard InChI is InChI=1S/C20H16F3N5O4/c1-11(24-25-18(29)15-8-3-4-9-16(15)28(31)32)17-12(2)26-27(19(17)30)14-7-5-6-13(10-14)20(21,22)23/h3-10,26H,1-2H3,(H,25,29). The molecule has 0 unspecified atom stereocenters. The van der Waals surface area contributed by atoms with Gasteiger partial charge in [-0.2, -0.15) is 18.3 Å². The van der Waals surface area contributed by atoms with Crippen LogP contribution < -0.4 is 11.0 Å². The van der Waals surface area contributed by atoms with Crippen molar-refractivity contribution in [2.45, 2.75) is 20.0 Å². The highest BCUT2D eigenvalue weighted by atomic mass is 19.4. The average Bonchev–Trinajstić information content (AvgIpc) is 3.05. The Morgan fingerprint density at radius 1 is 1.19 bits per heavy atom. The number of rotatable bonds is 5. The van der Waals surface area contributed by atoms with Crippen LogP contribution in [-0.4, -0.2) is 26.3 Å². The number of nitro groups is 1. The molecule has 0 atom stereocenters. The van der Waals surface area contributed by atoms with E-state index in [1.807, 2.05) is 0 Å². The number of carbonyl (C=O) groups excluding carboxylic acids is 1. The van der Waals surface area contributed by atoms with E-state index in [9.17, 15) is 32.9 Å². The molecule has 9 nitrogen and oxygen atoms in total. The summed E-state index contributed by atoms with van der Waals surface area (Å²) < 4.78 is 39.9. The van der Waals surface area contributed by atoms with Crippen molar-refractivity contribution < 1.29 is 22.9 Å². The molecule has 0 radical (unpaired) electrons. The first-order valence-corrected chi connectivity index (χ1v) is 9.08. The van der Waals surface area contributed by atoms with Crippen molar-refractivity contribution in [1.82, 2.24) is 15.2 Å². The number of nitro benzene ring substituents is 1. The summed E-state index contributed by atoms with van der Waals surface area (Å²) in [6.45, 7) is 2.93. The minimum atomic E-state index is -4.58. The number of aromatic nitrogens is 2. The number of amides is 1. The maximum Gasteiger partial charge on any atom is 0.416 e. The summed E-state index contributed by atoms with van der Waals surface area (Å²) in [4.78, 5) is 35.5. The summed E-state index contributed by atoms with van der Waals surface area (Å²) in [6.07, 6.45) is -4.58. The van der Waals surface area contributed by atoms with Crippen LogP contribution in [0, 0.1) is 17.0 Å². The predicted octanol–water partition coefficient (Wildman–Crippen LogP) is 3.56. The van der Waals surface area contributed by atoms with E-state index in [0.29, 0.717) is 5.69 Å². The molecule has 1 heterocycles. The number of carbonyl (C=O) groups is 1. The summed E-state index contributed by atoms with van der Waals surface area (Å²) >= 11 is 0. The Morgan fingerprint density at radius 3 is 2.53 bits per heavy atom. The molecule has 1 aromatic heterocycles. The number of halogens is 3. The molecule has 2 N–H and O–H groups in total. The second kappa shape index (κ2) is 8.49. The third-order valence-corrected chi connectivity index (χ3v) is 4.54. The molecule has 1 amide bonds. The number of benzene rings is 2. The van der Waals surface area contributed by atoms with E-state index in [2.05, 4.69) is 15.6 Å². The maximum absolute atomic E-state index is 13.0. The molecule has 0 bridgehead atoms. The fraction of sp³-hybridized carbons (Fsp3) is 0.150. The van der Waals surface area contributed by atoms with Gasteiger partial charge in [0.2, 0.25) is 0 Å². The fourth-order valence-electron chi connectivity index (χ4n) is 3.05. The van der Waals surface area contributed by atoms with Gasteiger partial charge >= 0.3 is 6.18 Å².